The summed E-state index contributed by atoms with van der Waals surface area (Å²) in [6.45, 7) is 7.99. The van der Waals surface area contributed by atoms with Gasteiger partial charge in [-0.2, -0.15) is 5.26 Å². The highest BCUT2D eigenvalue weighted by Crippen LogP contribution is 2.34. The fourth-order valence-electron chi connectivity index (χ4n) is 6.89. The average molecular weight is 1230 g/mol. The van der Waals surface area contributed by atoms with Crippen LogP contribution < -0.4 is 14.8 Å². The number of carboxylic acids is 6. The molecule has 22 heteroatoms. The van der Waals surface area contributed by atoms with Gasteiger partial charge in [-0.05, 0) is 99.3 Å². The van der Waals surface area contributed by atoms with E-state index in [4.69, 9.17) is 56.3 Å². The van der Waals surface area contributed by atoms with Crippen molar-refractivity contribution in [3.05, 3.63) is 165 Å². The van der Waals surface area contributed by atoms with E-state index in [9.17, 15) is 38.7 Å². The van der Waals surface area contributed by atoms with E-state index in [2.05, 4.69) is 31.9 Å². The summed E-state index contributed by atoms with van der Waals surface area (Å²) in [5, 5.41) is 63.6. The molecule has 1 fully saturated rings. The molecule has 0 radical (unpaired) electrons. The molecule has 1 saturated carbocycles. The number of fused-ring (bicyclic) bond motifs is 1. The highest BCUT2D eigenvalue weighted by Gasteiger charge is 2.36. The van der Waals surface area contributed by atoms with Crippen LogP contribution in [-0.4, -0.2) is 91.8 Å². The zero-order chi connectivity index (χ0) is 61.1. The van der Waals surface area contributed by atoms with E-state index >= 15 is 0 Å². The lowest BCUT2D eigenvalue weighted by atomic mass is 9.78. The van der Waals surface area contributed by atoms with Gasteiger partial charge in [-0.15, -0.1) is 11.8 Å². The first kappa shape index (κ1) is 69.3. The summed E-state index contributed by atoms with van der Waals surface area (Å²) in [4.78, 5) is 76.1. The maximum Gasteiger partial charge on any atom is 0.381 e. The Bertz CT molecular complexity index is 3190. The number of anilines is 1. The van der Waals surface area contributed by atoms with Crippen molar-refractivity contribution in [2.24, 2.45) is 11.8 Å². The number of hydrogen-bond acceptors (Lipinski definition) is 13. The number of methoxy groups -OCH3 is 1. The Kier molecular flexibility index (Phi) is 32.1. The molecule has 2 atom stereocenters. The van der Waals surface area contributed by atoms with Gasteiger partial charge in [0.25, 0.3) is 0 Å². The summed E-state index contributed by atoms with van der Waals surface area (Å²) >= 11 is 10.9. The summed E-state index contributed by atoms with van der Waals surface area (Å²) in [5.74, 6) is -1.37. The monoisotopic (exact) mass is 1230 g/mol. The van der Waals surface area contributed by atoms with E-state index < -0.39 is 47.7 Å². The molecule has 0 spiro atoms. The summed E-state index contributed by atoms with van der Waals surface area (Å²) in [6.07, 6.45) is 4.67. The Morgan fingerprint density at radius 1 is 0.805 bits per heavy atom. The average Bonchev–Trinajstić information content (AvgIpc) is 3.92. The van der Waals surface area contributed by atoms with Crippen LogP contribution in [0.5, 0.6) is 11.5 Å². The molecule has 5 aromatic carbocycles. The third-order valence-corrected chi connectivity index (χ3v) is 12.7. The van der Waals surface area contributed by atoms with Gasteiger partial charge < -0.3 is 54.6 Å². The molecule has 1 aliphatic carbocycles. The smallest absolute Gasteiger partial charge is 0.381 e. The number of aryl methyl sites for hydroxylation is 2. The number of carbonyl (C=O) groups excluding carboxylic acids is 1. The molecule has 7 N–H and O–H groups in total. The van der Waals surface area contributed by atoms with E-state index in [1.54, 1.807) is 68.9 Å². The number of carbonyl (C=O) groups is 7. The molecule has 1 aromatic heterocycles. The number of nitriles is 1. The Morgan fingerprint density at radius 2 is 1.45 bits per heavy atom. The number of benzene rings is 5. The van der Waals surface area contributed by atoms with Crippen LogP contribution in [0.3, 0.4) is 0 Å². The zero-order valence-electron chi connectivity index (χ0n) is 45.4. The van der Waals surface area contributed by atoms with Crippen LogP contribution in [0.4, 0.5) is 5.69 Å². The first-order valence-electron chi connectivity index (χ1n) is 24.9. The highest BCUT2D eigenvalue weighted by atomic mass is 79.9. The summed E-state index contributed by atoms with van der Waals surface area (Å²) in [6, 6.07) is 36.3. The van der Waals surface area contributed by atoms with E-state index in [0.717, 1.165) is 39.4 Å². The number of thioether (sulfide) groups is 1. The van der Waals surface area contributed by atoms with Crippen LogP contribution in [0.15, 0.2) is 141 Å². The molecule has 82 heavy (non-hydrogen) atoms. The minimum absolute atomic E-state index is 0.0174. The number of amides is 1. The van der Waals surface area contributed by atoms with Crippen LogP contribution in [0, 0.1) is 48.9 Å². The number of para-hydroxylation sites is 1. The maximum atomic E-state index is 12.3. The van der Waals surface area contributed by atoms with Gasteiger partial charge in [0.05, 0.1) is 48.2 Å². The lowest BCUT2D eigenvalue weighted by Crippen LogP contribution is -2.36. The second-order valence-corrected chi connectivity index (χ2v) is 19.5. The third-order valence-electron chi connectivity index (χ3n) is 10.9. The van der Waals surface area contributed by atoms with Crippen LogP contribution in [-0.2, 0) is 35.3 Å². The van der Waals surface area contributed by atoms with Gasteiger partial charge in [-0.1, -0.05) is 119 Å². The largest absolute Gasteiger partial charge is 0.500 e. The molecule has 1 amide bonds. The second-order valence-electron chi connectivity index (χ2n) is 17.0. The molecule has 1 aliphatic rings. The maximum absolute atomic E-state index is 12.3. The second kappa shape index (κ2) is 38.0. The molecule has 0 bridgehead atoms. The van der Waals surface area contributed by atoms with Crippen LogP contribution in [0.1, 0.15) is 90.0 Å². The van der Waals surface area contributed by atoms with E-state index in [1.165, 1.54) is 30.9 Å². The van der Waals surface area contributed by atoms with Gasteiger partial charge in [-0.3, -0.25) is 14.4 Å². The van der Waals surface area contributed by atoms with Crippen LogP contribution >= 0.6 is 39.3 Å². The number of halogens is 2. The number of nitrogens with one attached hydrogen (secondary N) is 1. The zero-order valence-corrected chi connectivity index (χ0v) is 48.5. The molecule has 19 nitrogen and oxygen atoms in total. The highest BCUT2D eigenvalue weighted by molar-refractivity contribution is 9.10. The van der Waals surface area contributed by atoms with Crippen molar-refractivity contribution >= 4 is 97.7 Å². The molecular formula is C60H62BrClN2O17S. The molecule has 434 valence electrons. The quantitative estimate of drug-likeness (QED) is 0.0156. The standard InChI is InChI=1S/C16H16O4.C14H15BrClNO3.C10H12O2S.C9H6O3.C6H7NO3.C5H6O2/c1-11-8-14(19-2)15(9-13(11)16(17)18)20-10-12-6-4-3-5-7-12;15-8-5-6-12(11(16)7-8)17-13(18)9-3-1-2-4-10(9)14(19)20;1-8-2-4-9(5-3-8)13-7-6-10(11)12;10-9(11)8-5-6-3-1-2-4-7(6)12-8;1-2-10-4-5(3-7)6(8)9;1-2-3-4-5(6)7/h3-9H,10H2,1-2H3,(H,17,18);5-7,9-10H,1-4H2,(H,17,18)(H,19,20);2-5H,6-7H2,1H3,(H,11,12);1-5H,(H,10,11);4H,2H2,1H3,(H,8,9);2H2,1H3,(H,6,7). The van der Waals surface area contributed by atoms with Gasteiger partial charge in [-0.25, -0.2) is 19.2 Å². The van der Waals surface area contributed by atoms with Crippen LogP contribution in [0.25, 0.3) is 11.0 Å². The Morgan fingerprint density at radius 3 is 1.98 bits per heavy atom. The predicted octanol–water partition coefficient (Wildman–Crippen LogP) is 12.9. The number of furan rings is 1. The first-order valence-corrected chi connectivity index (χ1v) is 27.1. The lowest BCUT2D eigenvalue weighted by molar-refractivity contribution is -0.147. The van der Waals surface area contributed by atoms with Gasteiger partial charge in [0.2, 0.25) is 11.7 Å². The summed E-state index contributed by atoms with van der Waals surface area (Å²) in [5.41, 5.74) is 3.82. The summed E-state index contributed by atoms with van der Waals surface area (Å²) in [7, 11) is 1.53. The number of rotatable bonds is 16. The van der Waals surface area contributed by atoms with Gasteiger partial charge in [0.15, 0.2) is 17.1 Å². The Hall–Kier alpha value is -8.76. The predicted molar refractivity (Wildman–Crippen MR) is 312 cm³/mol. The normalized spacial score (nSPS) is 12.8. The first-order chi connectivity index (χ1) is 39.0. The lowest BCUT2D eigenvalue weighted by Gasteiger charge is -2.27. The summed E-state index contributed by atoms with van der Waals surface area (Å²) < 4.78 is 21.3. The van der Waals surface area contributed by atoms with E-state index in [1.807, 2.05) is 79.6 Å². The van der Waals surface area contributed by atoms with E-state index in [-0.39, 0.29) is 29.2 Å². The fraction of sp³-hybridized carbons (Fsp3) is 0.267. The molecule has 7 rings (SSSR count). The Balaban J connectivity index is 0.000000348. The SMILES string of the molecule is CCC#CC(=O)O.CCOC=C(C#N)C(=O)O.COc1cc(C)c(C(=O)O)cc1OCc1ccccc1.Cc1ccc(SCCC(=O)O)cc1.O=C(O)C1CCCCC1C(=O)Nc1ccc(Br)cc1Cl.O=C(O)c1cc2ccccc2o1. The molecule has 1 heterocycles. The molecule has 2 unspecified atom stereocenters. The molecule has 0 saturated heterocycles. The topological polar surface area (TPSA) is 318 Å². The van der Waals surface area contributed by atoms with Crippen molar-refractivity contribution in [2.45, 2.75) is 77.7 Å². The van der Waals surface area contributed by atoms with Crippen LogP contribution in [0.2, 0.25) is 5.02 Å². The van der Waals surface area contributed by atoms with Gasteiger partial charge >= 0.3 is 35.8 Å². The van der Waals surface area contributed by atoms with Gasteiger partial charge in [0, 0.05) is 32.8 Å². The fourth-order valence-corrected chi connectivity index (χ4v) is 8.45. The number of aliphatic carboxylic acids is 4. The minimum atomic E-state index is -1.27. The van der Waals surface area contributed by atoms with Crippen molar-refractivity contribution in [2.75, 3.05) is 24.8 Å². The molecule has 6 aromatic rings. The van der Waals surface area contributed by atoms with Crippen molar-refractivity contribution in [3.8, 4) is 29.4 Å². The van der Waals surface area contributed by atoms with E-state index in [0.29, 0.717) is 71.6 Å². The van der Waals surface area contributed by atoms with Crippen molar-refractivity contribution in [1.29, 1.82) is 5.26 Å². The van der Waals surface area contributed by atoms with Gasteiger partial charge in [0.1, 0.15) is 24.5 Å². The molecule has 0 aliphatic heterocycles. The number of carboxylic acid groups (broad SMARTS) is 6. The molecular weight excluding hydrogens is 1170 g/mol. The number of aromatic carboxylic acids is 2. The number of ether oxygens (including phenoxy) is 3. The minimum Gasteiger partial charge on any atom is -0.500 e. The van der Waals surface area contributed by atoms with Crippen molar-refractivity contribution in [3.63, 3.8) is 0 Å². The third kappa shape index (κ3) is 26.5. The van der Waals surface area contributed by atoms with Crippen molar-refractivity contribution in [1.82, 2.24) is 0 Å². The Labute approximate surface area is 491 Å². The number of hydrogen-bond donors (Lipinski definition) is 7. The van der Waals surface area contributed by atoms with Crippen molar-refractivity contribution < 1.29 is 82.8 Å². The number of nitrogens with zero attached hydrogens (tertiary/aromatic N) is 1.